The Morgan fingerprint density at radius 1 is 1.30 bits per heavy atom. The lowest BCUT2D eigenvalue weighted by Crippen LogP contribution is -2.42. The second-order valence-electron chi connectivity index (χ2n) is 6.48. The van der Waals surface area contributed by atoms with E-state index in [0.717, 1.165) is 50.8 Å². The predicted molar refractivity (Wildman–Crippen MR) is 116 cm³/mol. The number of aliphatic imine (C=N–C) groups is 1. The highest BCUT2D eigenvalue weighted by molar-refractivity contribution is 14.0. The van der Waals surface area contributed by atoms with Crippen LogP contribution < -0.4 is 10.1 Å². The number of hydrogen-bond donors (Lipinski definition) is 1. The molecule has 1 aliphatic heterocycles. The highest BCUT2D eigenvalue weighted by Gasteiger charge is 2.25. The van der Waals surface area contributed by atoms with E-state index in [0.29, 0.717) is 24.8 Å². The summed E-state index contributed by atoms with van der Waals surface area (Å²) in [4.78, 5) is 9.07. The predicted octanol–water partition coefficient (Wildman–Crippen LogP) is 3.20. The SMILES string of the molecule is CCN(CC)CC1CCN(C(=NC)NCCOc2ccc(F)c(F)c2)C1.I. The van der Waals surface area contributed by atoms with Crippen LogP contribution in [0.2, 0.25) is 0 Å². The molecule has 0 radical (unpaired) electrons. The maximum Gasteiger partial charge on any atom is 0.193 e. The van der Waals surface area contributed by atoms with Crippen LogP contribution in [-0.2, 0) is 0 Å². The second-order valence-corrected chi connectivity index (χ2v) is 6.48. The van der Waals surface area contributed by atoms with E-state index in [9.17, 15) is 8.78 Å². The zero-order chi connectivity index (χ0) is 18.9. The molecule has 1 aliphatic rings. The summed E-state index contributed by atoms with van der Waals surface area (Å²) in [6.07, 6.45) is 1.17. The van der Waals surface area contributed by atoms with Crippen molar-refractivity contribution in [3.63, 3.8) is 0 Å². The third-order valence-corrected chi connectivity index (χ3v) is 4.75. The topological polar surface area (TPSA) is 40.1 Å². The Labute approximate surface area is 178 Å². The first-order valence-corrected chi connectivity index (χ1v) is 9.33. The molecule has 0 bridgehead atoms. The van der Waals surface area contributed by atoms with E-state index < -0.39 is 11.6 Å². The molecule has 5 nitrogen and oxygen atoms in total. The van der Waals surface area contributed by atoms with Gasteiger partial charge in [-0.2, -0.15) is 0 Å². The summed E-state index contributed by atoms with van der Waals surface area (Å²) in [5.41, 5.74) is 0. The molecule has 1 heterocycles. The maximum atomic E-state index is 13.2. The zero-order valence-electron chi connectivity index (χ0n) is 16.4. The Morgan fingerprint density at radius 2 is 2.04 bits per heavy atom. The summed E-state index contributed by atoms with van der Waals surface area (Å²) < 4.78 is 31.5. The standard InChI is InChI=1S/C19H30F2N4O.HI/c1-4-24(5-2)13-15-8-10-25(14-15)19(22-3)23-9-11-26-16-6-7-17(20)18(21)12-16;/h6-7,12,15H,4-5,8-11,13-14H2,1-3H3,(H,22,23);1H. The van der Waals surface area contributed by atoms with Crippen LogP contribution in [-0.4, -0.2) is 68.7 Å². The van der Waals surface area contributed by atoms with Crippen molar-refractivity contribution < 1.29 is 13.5 Å². The monoisotopic (exact) mass is 496 g/mol. The minimum absolute atomic E-state index is 0. The largest absolute Gasteiger partial charge is 0.492 e. The molecule has 0 spiro atoms. The fourth-order valence-electron chi connectivity index (χ4n) is 3.25. The highest BCUT2D eigenvalue weighted by Crippen LogP contribution is 2.18. The molecule has 2 rings (SSSR count). The normalized spacial score (nSPS) is 17.2. The second kappa shape index (κ2) is 12.3. The quantitative estimate of drug-likeness (QED) is 0.260. The van der Waals surface area contributed by atoms with Crippen LogP contribution in [0.4, 0.5) is 8.78 Å². The molecule has 154 valence electrons. The number of likely N-dealkylation sites (tertiary alicyclic amines) is 1. The average molecular weight is 496 g/mol. The van der Waals surface area contributed by atoms with Crippen LogP contribution >= 0.6 is 24.0 Å². The van der Waals surface area contributed by atoms with Gasteiger partial charge in [0.2, 0.25) is 0 Å². The Hall–Kier alpha value is -1.16. The summed E-state index contributed by atoms with van der Waals surface area (Å²) >= 11 is 0. The summed E-state index contributed by atoms with van der Waals surface area (Å²) in [6, 6.07) is 3.55. The fraction of sp³-hybridized carbons (Fsp3) is 0.632. The van der Waals surface area contributed by atoms with E-state index in [-0.39, 0.29) is 24.0 Å². The van der Waals surface area contributed by atoms with Crippen molar-refractivity contribution >= 4 is 29.9 Å². The molecule has 1 unspecified atom stereocenters. The van der Waals surface area contributed by atoms with Crippen LogP contribution in [0.5, 0.6) is 5.75 Å². The summed E-state index contributed by atoms with van der Waals surface area (Å²) in [5.74, 6) is 0.0701. The van der Waals surface area contributed by atoms with E-state index >= 15 is 0 Å². The molecule has 0 aliphatic carbocycles. The van der Waals surface area contributed by atoms with Gasteiger partial charge in [0.1, 0.15) is 12.4 Å². The molecule has 0 amide bonds. The van der Waals surface area contributed by atoms with E-state index in [4.69, 9.17) is 4.74 Å². The van der Waals surface area contributed by atoms with Gasteiger partial charge in [0.15, 0.2) is 17.6 Å². The maximum absolute atomic E-state index is 13.2. The van der Waals surface area contributed by atoms with Crippen molar-refractivity contribution in [2.24, 2.45) is 10.9 Å². The van der Waals surface area contributed by atoms with Crippen LogP contribution in [0.25, 0.3) is 0 Å². The number of benzene rings is 1. The summed E-state index contributed by atoms with van der Waals surface area (Å²) in [6.45, 7) is 10.6. The Morgan fingerprint density at radius 3 is 2.67 bits per heavy atom. The molecule has 1 atom stereocenters. The number of halogens is 3. The number of ether oxygens (including phenoxy) is 1. The van der Waals surface area contributed by atoms with Crippen LogP contribution in [0, 0.1) is 17.6 Å². The molecule has 1 saturated heterocycles. The fourth-order valence-corrected chi connectivity index (χ4v) is 3.25. The molecule has 1 N–H and O–H groups in total. The van der Waals surface area contributed by atoms with Gasteiger partial charge in [-0.05, 0) is 37.6 Å². The van der Waals surface area contributed by atoms with Crippen molar-refractivity contribution in [3.8, 4) is 5.75 Å². The first kappa shape index (κ1) is 23.9. The van der Waals surface area contributed by atoms with Crippen molar-refractivity contribution in [1.29, 1.82) is 0 Å². The molecule has 1 fully saturated rings. The van der Waals surface area contributed by atoms with E-state index in [1.807, 2.05) is 0 Å². The minimum Gasteiger partial charge on any atom is -0.492 e. The number of guanidine groups is 1. The van der Waals surface area contributed by atoms with Gasteiger partial charge in [-0.25, -0.2) is 8.78 Å². The minimum atomic E-state index is -0.900. The molecule has 1 aromatic carbocycles. The Balaban J connectivity index is 0.00000364. The lowest BCUT2D eigenvalue weighted by molar-refractivity contribution is 0.255. The lowest BCUT2D eigenvalue weighted by Gasteiger charge is -2.24. The first-order chi connectivity index (χ1) is 12.6. The number of hydrogen-bond acceptors (Lipinski definition) is 3. The average Bonchev–Trinajstić information content (AvgIpc) is 3.11. The van der Waals surface area contributed by atoms with E-state index in [1.54, 1.807) is 7.05 Å². The third-order valence-electron chi connectivity index (χ3n) is 4.75. The molecular formula is C19H31F2IN4O. The van der Waals surface area contributed by atoms with Crippen molar-refractivity contribution in [2.75, 3.05) is 52.9 Å². The van der Waals surface area contributed by atoms with E-state index in [2.05, 4.69) is 34.0 Å². The lowest BCUT2D eigenvalue weighted by atomic mass is 10.1. The molecule has 0 aromatic heterocycles. The number of nitrogens with one attached hydrogen (secondary N) is 1. The number of nitrogens with zero attached hydrogens (tertiary/aromatic N) is 3. The molecule has 8 heteroatoms. The van der Waals surface area contributed by atoms with Crippen molar-refractivity contribution in [2.45, 2.75) is 20.3 Å². The number of rotatable bonds is 8. The van der Waals surface area contributed by atoms with Crippen molar-refractivity contribution in [1.82, 2.24) is 15.1 Å². The van der Waals surface area contributed by atoms with Gasteiger partial charge < -0.3 is 19.9 Å². The molecule has 27 heavy (non-hydrogen) atoms. The van der Waals surface area contributed by atoms with Crippen molar-refractivity contribution in [3.05, 3.63) is 29.8 Å². The zero-order valence-corrected chi connectivity index (χ0v) is 18.7. The van der Waals surface area contributed by atoms with E-state index in [1.165, 1.54) is 12.5 Å². The van der Waals surface area contributed by atoms with Gasteiger partial charge in [-0.3, -0.25) is 4.99 Å². The Bertz CT molecular complexity index is 599. The third kappa shape index (κ3) is 7.40. The summed E-state index contributed by atoms with van der Waals surface area (Å²) in [7, 11) is 1.77. The van der Waals surface area contributed by atoms with Gasteiger partial charge in [0.05, 0.1) is 6.54 Å². The van der Waals surface area contributed by atoms with Crippen LogP contribution in [0.1, 0.15) is 20.3 Å². The first-order valence-electron chi connectivity index (χ1n) is 9.33. The molecular weight excluding hydrogens is 465 g/mol. The summed E-state index contributed by atoms with van der Waals surface area (Å²) in [5, 5.41) is 3.28. The highest BCUT2D eigenvalue weighted by atomic mass is 127. The van der Waals surface area contributed by atoms with Gasteiger partial charge in [-0.1, -0.05) is 13.8 Å². The van der Waals surface area contributed by atoms with Gasteiger partial charge >= 0.3 is 0 Å². The van der Waals surface area contributed by atoms with Gasteiger partial charge in [0.25, 0.3) is 0 Å². The van der Waals surface area contributed by atoms with Gasteiger partial charge in [-0.15, -0.1) is 24.0 Å². The molecule has 1 aromatic rings. The molecule has 0 saturated carbocycles. The van der Waals surface area contributed by atoms with Crippen LogP contribution in [0.3, 0.4) is 0 Å². The van der Waals surface area contributed by atoms with Crippen LogP contribution in [0.15, 0.2) is 23.2 Å². The smallest absolute Gasteiger partial charge is 0.193 e. The Kier molecular flexibility index (Phi) is 10.9. The van der Waals surface area contributed by atoms with Gasteiger partial charge in [0, 0.05) is 32.7 Å².